The van der Waals surface area contributed by atoms with Gasteiger partial charge in [-0.2, -0.15) is 0 Å². The number of nitrogens with zero attached hydrogens (tertiary/aromatic N) is 1. The van der Waals surface area contributed by atoms with Crippen LogP contribution in [0, 0.1) is 36.5 Å². The number of ether oxygens (including phenoxy) is 1. The molecule has 7 rings (SSSR count). The van der Waals surface area contributed by atoms with Crippen molar-refractivity contribution in [1.82, 2.24) is 4.98 Å². The molecule has 3 aromatic rings. The molecule has 35 heavy (non-hydrogen) atoms. The molecule has 2 amide bonds. The van der Waals surface area contributed by atoms with Crippen LogP contribution in [0.15, 0.2) is 58.4 Å². The van der Waals surface area contributed by atoms with E-state index in [2.05, 4.69) is 17.1 Å². The van der Waals surface area contributed by atoms with Crippen molar-refractivity contribution in [1.29, 1.82) is 0 Å². The molecule has 3 fully saturated rings. The highest BCUT2D eigenvalue weighted by atomic mass is 32.2. The summed E-state index contributed by atoms with van der Waals surface area (Å²) in [4.78, 5) is 45.3. The Bertz CT molecular complexity index is 1410. The van der Waals surface area contributed by atoms with Gasteiger partial charge in [0, 0.05) is 16.0 Å². The van der Waals surface area contributed by atoms with E-state index in [0.717, 1.165) is 33.2 Å². The van der Waals surface area contributed by atoms with E-state index in [9.17, 15) is 14.4 Å². The number of H-pyrrole nitrogens is 1. The maximum absolute atomic E-state index is 13.8. The van der Waals surface area contributed by atoms with Crippen LogP contribution in [-0.4, -0.2) is 29.2 Å². The fourth-order valence-corrected chi connectivity index (χ4v) is 10.0. The fraction of sp³-hybridized carbons (Fsp3) is 0.370. The second-order valence-corrected chi connectivity index (χ2v) is 12.3. The van der Waals surface area contributed by atoms with Crippen LogP contribution >= 0.6 is 23.1 Å². The van der Waals surface area contributed by atoms with E-state index >= 15 is 0 Å². The summed E-state index contributed by atoms with van der Waals surface area (Å²) >= 11 is 3.00. The Morgan fingerprint density at radius 1 is 0.943 bits per heavy atom. The molecule has 3 heterocycles. The molecule has 6 nitrogen and oxygen atoms in total. The summed E-state index contributed by atoms with van der Waals surface area (Å²) < 4.78 is 5.36. The topological polar surface area (TPSA) is 79.5 Å². The van der Waals surface area contributed by atoms with Gasteiger partial charge in [-0.1, -0.05) is 41.2 Å². The Labute approximate surface area is 210 Å². The predicted octanol–water partition coefficient (Wildman–Crippen LogP) is 4.43. The van der Waals surface area contributed by atoms with Crippen LogP contribution < -0.4 is 14.5 Å². The van der Waals surface area contributed by atoms with Gasteiger partial charge < -0.3 is 9.72 Å². The van der Waals surface area contributed by atoms with Crippen LogP contribution in [0.4, 0.5) is 5.69 Å². The lowest BCUT2D eigenvalue weighted by atomic mass is 9.68. The summed E-state index contributed by atoms with van der Waals surface area (Å²) in [6, 6.07) is 15.7. The van der Waals surface area contributed by atoms with Gasteiger partial charge in [-0.05, 0) is 60.9 Å². The molecule has 2 aliphatic heterocycles. The van der Waals surface area contributed by atoms with Gasteiger partial charge in [0.05, 0.1) is 29.7 Å². The third-order valence-corrected chi connectivity index (χ3v) is 11.1. The van der Waals surface area contributed by atoms with Crippen molar-refractivity contribution in [2.75, 3.05) is 12.0 Å². The van der Waals surface area contributed by atoms with Gasteiger partial charge in [0.1, 0.15) is 5.75 Å². The Kier molecular flexibility index (Phi) is 4.64. The van der Waals surface area contributed by atoms with Crippen molar-refractivity contribution in [3.63, 3.8) is 0 Å². The number of rotatable bonds is 3. The maximum Gasteiger partial charge on any atom is 0.305 e. The second kappa shape index (κ2) is 7.58. The molecular formula is C27H24N2O4S2. The SMILES string of the molecule is COc1ccc([C@@H]2c3sc(=O)[nH]c3S[C@@H]3[C@H]4C[C@@H]([C@@H]5C(=O)N(c6ccc(C)cc6)C(=O)[C@@H]45)[C@@H]23)cc1. The highest BCUT2D eigenvalue weighted by Gasteiger charge is 2.69. The van der Waals surface area contributed by atoms with Crippen molar-refractivity contribution in [2.45, 2.75) is 29.5 Å². The van der Waals surface area contributed by atoms with E-state index in [-0.39, 0.29) is 57.4 Å². The third-order valence-electron chi connectivity index (χ3n) is 8.49. The number of amides is 2. The molecule has 178 valence electrons. The van der Waals surface area contributed by atoms with Gasteiger partial charge in [-0.25, -0.2) is 0 Å². The number of hydrogen-bond donors (Lipinski definition) is 1. The van der Waals surface area contributed by atoms with Crippen LogP contribution in [-0.2, 0) is 9.59 Å². The average molecular weight is 505 g/mol. The minimum Gasteiger partial charge on any atom is -0.497 e. The summed E-state index contributed by atoms with van der Waals surface area (Å²) in [5, 5.41) is 1.12. The number of aryl methyl sites for hydroxylation is 1. The number of nitrogens with one attached hydrogen (secondary N) is 1. The first-order valence-corrected chi connectivity index (χ1v) is 13.6. The van der Waals surface area contributed by atoms with Crippen LogP contribution in [0.25, 0.3) is 0 Å². The summed E-state index contributed by atoms with van der Waals surface area (Å²) in [6.07, 6.45) is 0.892. The molecule has 1 N–H and O–H groups in total. The number of thiazole rings is 1. The molecule has 0 unspecified atom stereocenters. The standard InChI is InChI=1S/C27H24N2O4S2/c1-12-3-7-14(8-4-12)29-25(30)20-16-11-17(21(20)26(29)31)22-19(16)18(13-5-9-15(33-2)10-6-13)23-24(34-22)28-27(32)35-23/h3-10,16-22H,11H2,1-2H3,(H,28,32)/t16-,17+,18+,19+,20+,21+,22-/m1/s1. The Balaban J connectivity index is 1.31. The van der Waals surface area contributed by atoms with Gasteiger partial charge in [0.2, 0.25) is 11.8 Å². The molecule has 1 aromatic heterocycles. The van der Waals surface area contributed by atoms with Gasteiger partial charge in [0.25, 0.3) is 0 Å². The minimum atomic E-state index is -0.284. The molecule has 2 bridgehead atoms. The lowest BCUT2D eigenvalue weighted by Gasteiger charge is -2.43. The van der Waals surface area contributed by atoms with Crippen LogP contribution in [0.1, 0.15) is 28.3 Å². The number of thioether (sulfide) groups is 1. The lowest BCUT2D eigenvalue weighted by Crippen LogP contribution is -2.42. The Hall–Kier alpha value is -2.84. The number of carbonyl (C=O) groups excluding carboxylic acids is 2. The van der Waals surface area contributed by atoms with Crippen LogP contribution in [0.5, 0.6) is 5.75 Å². The Morgan fingerprint density at radius 3 is 2.31 bits per heavy atom. The lowest BCUT2D eigenvalue weighted by molar-refractivity contribution is -0.123. The van der Waals surface area contributed by atoms with E-state index < -0.39 is 0 Å². The predicted molar refractivity (Wildman–Crippen MR) is 135 cm³/mol. The molecule has 0 spiro atoms. The van der Waals surface area contributed by atoms with Crippen LogP contribution in [0.2, 0.25) is 0 Å². The largest absolute Gasteiger partial charge is 0.497 e. The molecule has 8 heteroatoms. The summed E-state index contributed by atoms with van der Waals surface area (Å²) in [5.74, 6) is 0.598. The summed E-state index contributed by atoms with van der Waals surface area (Å²) in [5.41, 5.74) is 2.90. The van der Waals surface area contributed by atoms with E-state index in [1.54, 1.807) is 18.9 Å². The molecule has 2 aromatic carbocycles. The Morgan fingerprint density at radius 2 is 1.63 bits per heavy atom. The third kappa shape index (κ3) is 2.93. The molecule has 7 atom stereocenters. The van der Waals surface area contributed by atoms with Crippen molar-refractivity contribution in [3.8, 4) is 5.75 Å². The minimum absolute atomic E-state index is 0.0263. The van der Waals surface area contributed by atoms with Crippen molar-refractivity contribution in [3.05, 3.63) is 74.2 Å². The molecular weight excluding hydrogens is 480 g/mol. The normalized spacial score (nSPS) is 32.5. The monoisotopic (exact) mass is 504 g/mol. The first-order valence-electron chi connectivity index (χ1n) is 11.9. The number of methoxy groups -OCH3 is 1. The van der Waals surface area contributed by atoms with Gasteiger partial charge in [-0.3, -0.25) is 19.3 Å². The van der Waals surface area contributed by atoms with E-state index in [4.69, 9.17) is 4.74 Å². The maximum atomic E-state index is 13.8. The smallest absolute Gasteiger partial charge is 0.305 e. The first-order chi connectivity index (χ1) is 17.0. The molecule has 0 radical (unpaired) electrons. The number of anilines is 1. The number of aromatic amines is 1. The van der Waals surface area contributed by atoms with E-state index in [1.807, 2.05) is 43.3 Å². The number of aromatic nitrogens is 1. The molecule has 1 saturated heterocycles. The molecule has 2 saturated carbocycles. The quantitative estimate of drug-likeness (QED) is 0.534. The highest BCUT2D eigenvalue weighted by molar-refractivity contribution is 8.00. The zero-order chi connectivity index (χ0) is 24.0. The van der Waals surface area contributed by atoms with Gasteiger partial charge in [-0.15, -0.1) is 11.8 Å². The van der Waals surface area contributed by atoms with Crippen molar-refractivity contribution < 1.29 is 14.3 Å². The van der Waals surface area contributed by atoms with Crippen molar-refractivity contribution in [2.24, 2.45) is 29.6 Å². The molecule has 2 aliphatic carbocycles. The number of fused-ring (bicyclic) bond motifs is 9. The van der Waals surface area contributed by atoms with Crippen molar-refractivity contribution >= 4 is 40.6 Å². The average Bonchev–Trinajstić information content (AvgIpc) is 3.59. The zero-order valence-electron chi connectivity index (χ0n) is 19.3. The van der Waals surface area contributed by atoms with Gasteiger partial charge >= 0.3 is 4.87 Å². The fourth-order valence-electron chi connectivity index (χ4n) is 7.15. The summed E-state index contributed by atoms with van der Waals surface area (Å²) in [6.45, 7) is 2.00. The molecule has 4 aliphatic rings. The van der Waals surface area contributed by atoms with Crippen LogP contribution in [0.3, 0.4) is 0 Å². The number of imide groups is 1. The highest BCUT2D eigenvalue weighted by Crippen LogP contribution is 2.68. The van der Waals surface area contributed by atoms with E-state index in [1.165, 1.54) is 16.2 Å². The van der Waals surface area contributed by atoms with E-state index in [0.29, 0.717) is 5.69 Å². The number of hydrogen-bond acceptors (Lipinski definition) is 6. The second-order valence-electron chi connectivity index (χ2n) is 10.1. The zero-order valence-corrected chi connectivity index (χ0v) is 20.9. The summed E-state index contributed by atoms with van der Waals surface area (Å²) in [7, 11) is 1.65. The number of carbonyl (C=O) groups is 2. The van der Waals surface area contributed by atoms with Gasteiger partial charge in [0.15, 0.2) is 0 Å². The number of benzene rings is 2. The first kappa shape index (κ1) is 21.4.